The monoisotopic (exact) mass is 394 g/mol. The summed E-state index contributed by atoms with van der Waals surface area (Å²) in [4.78, 5) is 12.7. The fourth-order valence-corrected chi connectivity index (χ4v) is 3.00. The molecule has 140 valence electrons. The molecule has 2 aromatic heterocycles. The molecule has 0 amide bonds. The molecule has 0 spiro atoms. The van der Waals surface area contributed by atoms with Gasteiger partial charge in [-0.05, 0) is 13.0 Å². The first-order valence-corrected chi connectivity index (χ1v) is 8.90. The number of carbonyl (C=O) groups excluding carboxylic acids is 1. The van der Waals surface area contributed by atoms with Crippen molar-refractivity contribution in [2.24, 2.45) is 0 Å². The second kappa shape index (κ2) is 7.70. The number of nitrogens with zero attached hydrogens (tertiary/aromatic N) is 2. The number of esters is 1. The van der Waals surface area contributed by atoms with Crippen molar-refractivity contribution < 1.29 is 18.6 Å². The van der Waals surface area contributed by atoms with Crippen LogP contribution in [0.25, 0.3) is 22.6 Å². The molecule has 0 radical (unpaired) electrons. The van der Waals surface area contributed by atoms with E-state index in [1.807, 2.05) is 30.3 Å². The molecule has 0 aliphatic heterocycles. The Morgan fingerprint density at radius 1 is 1.04 bits per heavy atom. The highest BCUT2D eigenvalue weighted by Crippen LogP contribution is 2.31. The largest absolute Gasteiger partial charge is 0.455 e. The Morgan fingerprint density at radius 2 is 1.79 bits per heavy atom. The van der Waals surface area contributed by atoms with Gasteiger partial charge in [0.1, 0.15) is 29.3 Å². The number of rotatable bonds is 5. The minimum atomic E-state index is -0.571. The summed E-state index contributed by atoms with van der Waals surface area (Å²) in [6, 6.07) is 18.4. The predicted octanol–water partition coefficient (Wildman–Crippen LogP) is 5.32. The summed E-state index contributed by atoms with van der Waals surface area (Å²) in [7, 11) is 0. The third kappa shape index (κ3) is 3.54. The minimum Gasteiger partial charge on any atom is -0.455 e. The molecule has 4 aromatic rings. The molecule has 0 bridgehead atoms. The van der Waals surface area contributed by atoms with Gasteiger partial charge in [0.05, 0.1) is 5.02 Å². The van der Waals surface area contributed by atoms with Crippen LogP contribution in [0.15, 0.2) is 69.7 Å². The topological polar surface area (TPSA) is 78.4 Å². The third-order valence-electron chi connectivity index (χ3n) is 4.16. The zero-order valence-electron chi connectivity index (χ0n) is 14.9. The van der Waals surface area contributed by atoms with E-state index in [0.29, 0.717) is 33.5 Å². The lowest BCUT2D eigenvalue weighted by atomic mass is 10.1. The number of carbonyl (C=O) groups is 1. The molecule has 0 aliphatic rings. The molecule has 0 saturated carbocycles. The van der Waals surface area contributed by atoms with Crippen LogP contribution in [0.2, 0.25) is 5.02 Å². The van der Waals surface area contributed by atoms with E-state index >= 15 is 0 Å². The fourth-order valence-electron chi connectivity index (χ4n) is 2.78. The zero-order chi connectivity index (χ0) is 19.5. The predicted molar refractivity (Wildman–Crippen MR) is 103 cm³/mol. The van der Waals surface area contributed by atoms with Crippen LogP contribution in [-0.4, -0.2) is 16.3 Å². The third-order valence-corrected chi connectivity index (χ3v) is 4.49. The van der Waals surface area contributed by atoms with Gasteiger partial charge in [0.15, 0.2) is 5.76 Å². The van der Waals surface area contributed by atoms with Gasteiger partial charge < -0.3 is 13.8 Å². The molecule has 0 saturated heterocycles. The van der Waals surface area contributed by atoms with Crippen molar-refractivity contribution in [3.63, 3.8) is 0 Å². The van der Waals surface area contributed by atoms with E-state index in [2.05, 4.69) is 10.3 Å². The summed E-state index contributed by atoms with van der Waals surface area (Å²) in [5.74, 6) is 0.382. The molecule has 0 fully saturated rings. The van der Waals surface area contributed by atoms with Gasteiger partial charge in [-0.15, -0.1) is 0 Å². The molecular formula is C21H15ClN2O4. The second-order valence-electron chi connectivity index (χ2n) is 6.07. The standard InChI is InChI=1S/C21H15ClN2O4/c1-13-19(20(24-27-13)16-9-5-6-10-17(16)22)21(25)26-12-15-11-18(28-23-15)14-7-3-2-4-8-14/h2-11H,12H2,1H3. The highest BCUT2D eigenvalue weighted by Gasteiger charge is 2.24. The van der Waals surface area contributed by atoms with E-state index in [1.54, 1.807) is 37.3 Å². The van der Waals surface area contributed by atoms with Crippen LogP contribution >= 0.6 is 11.6 Å². The van der Waals surface area contributed by atoms with Gasteiger partial charge in [0.25, 0.3) is 0 Å². The van der Waals surface area contributed by atoms with E-state index in [-0.39, 0.29) is 12.2 Å². The van der Waals surface area contributed by atoms with Crippen molar-refractivity contribution in [2.75, 3.05) is 0 Å². The maximum absolute atomic E-state index is 12.7. The molecule has 7 heteroatoms. The molecule has 6 nitrogen and oxygen atoms in total. The van der Waals surface area contributed by atoms with Crippen LogP contribution in [0, 0.1) is 6.92 Å². The zero-order valence-corrected chi connectivity index (χ0v) is 15.6. The summed E-state index contributed by atoms with van der Waals surface area (Å²) >= 11 is 6.22. The van der Waals surface area contributed by atoms with Crippen LogP contribution in [0.3, 0.4) is 0 Å². The normalized spacial score (nSPS) is 10.8. The minimum absolute atomic E-state index is 0.0399. The average Bonchev–Trinajstić information content (AvgIpc) is 3.34. The molecule has 4 rings (SSSR count). The van der Waals surface area contributed by atoms with Crippen molar-refractivity contribution in [3.8, 4) is 22.6 Å². The number of benzene rings is 2. The Morgan fingerprint density at radius 3 is 2.57 bits per heavy atom. The summed E-state index contributed by atoms with van der Waals surface area (Å²) < 4.78 is 15.9. The van der Waals surface area contributed by atoms with Gasteiger partial charge in [0.2, 0.25) is 0 Å². The van der Waals surface area contributed by atoms with Crippen molar-refractivity contribution in [2.45, 2.75) is 13.5 Å². The molecule has 0 N–H and O–H groups in total. The quantitative estimate of drug-likeness (QED) is 0.426. The van der Waals surface area contributed by atoms with E-state index in [4.69, 9.17) is 25.4 Å². The van der Waals surface area contributed by atoms with Crippen LogP contribution in [0.5, 0.6) is 0 Å². The number of ether oxygens (including phenoxy) is 1. The Bertz CT molecular complexity index is 1120. The van der Waals surface area contributed by atoms with Crippen molar-refractivity contribution in [3.05, 3.63) is 82.7 Å². The lowest BCUT2D eigenvalue weighted by Gasteiger charge is -2.04. The summed E-state index contributed by atoms with van der Waals surface area (Å²) in [6.45, 7) is 1.61. The maximum Gasteiger partial charge on any atom is 0.344 e. The smallest absolute Gasteiger partial charge is 0.344 e. The molecule has 2 aromatic carbocycles. The molecule has 28 heavy (non-hydrogen) atoms. The number of hydrogen-bond acceptors (Lipinski definition) is 6. The van der Waals surface area contributed by atoms with Crippen molar-refractivity contribution >= 4 is 17.6 Å². The number of aryl methyl sites for hydroxylation is 1. The Balaban J connectivity index is 1.52. The van der Waals surface area contributed by atoms with E-state index in [9.17, 15) is 4.79 Å². The summed E-state index contributed by atoms with van der Waals surface area (Å²) in [5.41, 5.74) is 2.57. The first-order valence-electron chi connectivity index (χ1n) is 8.53. The van der Waals surface area contributed by atoms with Gasteiger partial charge >= 0.3 is 5.97 Å². The average molecular weight is 395 g/mol. The van der Waals surface area contributed by atoms with Gasteiger partial charge in [0, 0.05) is 17.2 Å². The highest BCUT2D eigenvalue weighted by atomic mass is 35.5. The highest BCUT2D eigenvalue weighted by molar-refractivity contribution is 6.33. The molecule has 0 unspecified atom stereocenters. The summed E-state index contributed by atoms with van der Waals surface area (Å²) in [6.07, 6.45) is 0. The Kier molecular flexibility index (Phi) is 4.95. The van der Waals surface area contributed by atoms with Crippen LogP contribution in [-0.2, 0) is 11.3 Å². The lowest BCUT2D eigenvalue weighted by Crippen LogP contribution is -2.07. The van der Waals surface area contributed by atoms with Crippen molar-refractivity contribution in [1.29, 1.82) is 0 Å². The number of aromatic nitrogens is 2. The van der Waals surface area contributed by atoms with Crippen LogP contribution in [0.4, 0.5) is 0 Å². The van der Waals surface area contributed by atoms with Crippen LogP contribution < -0.4 is 0 Å². The molecular weight excluding hydrogens is 380 g/mol. The van der Waals surface area contributed by atoms with E-state index in [1.165, 1.54) is 0 Å². The first-order chi connectivity index (χ1) is 13.6. The van der Waals surface area contributed by atoms with Crippen molar-refractivity contribution in [1.82, 2.24) is 10.3 Å². The number of hydrogen-bond donors (Lipinski definition) is 0. The summed E-state index contributed by atoms with van der Waals surface area (Å²) in [5, 5.41) is 8.39. The van der Waals surface area contributed by atoms with E-state index < -0.39 is 5.97 Å². The lowest BCUT2D eigenvalue weighted by molar-refractivity contribution is 0.0463. The SMILES string of the molecule is Cc1onc(-c2ccccc2Cl)c1C(=O)OCc1cc(-c2ccccc2)on1. The Hall–Kier alpha value is -3.38. The molecule has 0 atom stereocenters. The second-order valence-corrected chi connectivity index (χ2v) is 6.47. The van der Waals surface area contributed by atoms with Crippen LogP contribution in [0.1, 0.15) is 21.8 Å². The maximum atomic E-state index is 12.7. The number of halogens is 1. The van der Waals surface area contributed by atoms with Gasteiger partial charge in [-0.25, -0.2) is 4.79 Å². The van der Waals surface area contributed by atoms with Gasteiger partial charge in [-0.1, -0.05) is 70.4 Å². The van der Waals surface area contributed by atoms with E-state index in [0.717, 1.165) is 5.56 Å². The molecule has 2 heterocycles. The fraction of sp³-hybridized carbons (Fsp3) is 0.0952. The molecule has 0 aliphatic carbocycles. The van der Waals surface area contributed by atoms with Gasteiger partial charge in [-0.2, -0.15) is 0 Å². The van der Waals surface area contributed by atoms with Gasteiger partial charge in [-0.3, -0.25) is 0 Å². The first kappa shape index (κ1) is 18.0. The Labute approximate surface area is 165 Å².